The van der Waals surface area contributed by atoms with Gasteiger partial charge in [0.05, 0.1) is 21.4 Å². The molecule has 13 aromatic rings. The Bertz CT molecular complexity index is 4270. The zero-order valence-corrected chi connectivity index (χ0v) is 48.0. The van der Waals surface area contributed by atoms with Crippen molar-refractivity contribution in [3.8, 4) is 44.5 Å². The maximum Gasteiger partial charge on any atom is 0.256 e. The molecule has 15 rings (SSSR count). The zero-order chi connectivity index (χ0) is 52.8. The van der Waals surface area contributed by atoms with Crippen LogP contribution in [0.5, 0.6) is 0 Å². The summed E-state index contributed by atoms with van der Waals surface area (Å²) in [6, 6.07) is 74.1. The Morgan fingerprint density at radius 1 is 0.346 bits per heavy atom. The minimum atomic E-state index is -0.0470. The predicted octanol–water partition coefficient (Wildman–Crippen LogP) is 20.2. The molecule has 4 aromatic heterocycles. The van der Waals surface area contributed by atoms with Crippen molar-refractivity contribution in [2.75, 3.05) is 9.80 Å². The Balaban J connectivity index is 1.06. The van der Waals surface area contributed by atoms with E-state index in [-0.39, 0.29) is 17.5 Å². The van der Waals surface area contributed by atoms with Crippen molar-refractivity contribution < 1.29 is 0 Å². The second-order valence-electron chi connectivity index (χ2n) is 23.4. The van der Waals surface area contributed by atoms with Crippen molar-refractivity contribution in [3.63, 3.8) is 0 Å². The average Bonchev–Trinajstić information content (AvgIpc) is 3.72. The lowest BCUT2D eigenvalue weighted by atomic mass is 9.33. The summed E-state index contributed by atoms with van der Waals surface area (Å²) >= 11 is 7.56. The zero-order valence-electron chi connectivity index (χ0n) is 44.7. The number of rotatable bonds is 6. The third kappa shape index (κ3) is 7.46. The average molecular weight is 1080 g/mol. The third-order valence-electron chi connectivity index (χ3n) is 16.4. The molecule has 2 aliphatic heterocycles. The first-order valence-corrected chi connectivity index (χ1v) is 30.5. The van der Waals surface area contributed by atoms with E-state index < -0.39 is 0 Å². The highest BCUT2D eigenvalue weighted by atomic mass is 32.1. The summed E-state index contributed by atoms with van der Waals surface area (Å²) in [6.07, 6.45) is 0. The van der Waals surface area contributed by atoms with E-state index in [1.807, 2.05) is 45.3 Å². The first-order valence-electron chi connectivity index (χ1n) is 27.1. The third-order valence-corrected chi connectivity index (χ3v) is 20.7. The summed E-state index contributed by atoms with van der Waals surface area (Å²) < 4.78 is 5.24. The van der Waals surface area contributed by atoms with Crippen molar-refractivity contribution >= 4 is 142 Å². The molecule has 0 radical (unpaired) electrons. The minimum Gasteiger partial charge on any atom is -0.302 e. The lowest BCUT2D eigenvalue weighted by Gasteiger charge is -2.43. The number of thiophene rings is 4. The van der Waals surface area contributed by atoms with Gasteiger partial charge >= 0.3 is 0 Å². The van der Waals surface area contributed by atoms with E-state index in [0.717, 1.165) is 0 Å². The van der Waals surface area contributed by atoms with E-state index in [4.69, 9.17) is 0 Å². The highest BCUT2D eigenvalue weighted by Gasteiger charge is 2.48. The molecule has 2 nitrogen and oxygen atoms in total. The van der Waals surface area contributed by atoms with Crippen LogP contribution in [0.25, 0.3) is 84.9 Å². The number of aryl methyl sites for hydroxylation is 1. The van der Waals surface area contributed by atoms with E-state index >= 15 is 0 Å². The minimum absolute atomic E-state index is 0.0415. The Kier molecular flexibility index (Phi) is 10.9. The first-order chi connectivity index (χ1) is 37.9. The number of hydrogen-bond acceptors (Lipinski definition) is 6. The van der Waals surface area contributed by atoms with Gasteiger partial charge < -0.3 is 9.80 Å². The molecule has 7 heteroatoms. The van der Waals surface area contributed by atoms with E-state index in [2.05, 4.69) is 263 Å². The Morgan fingerprint density at radius 3 is 1.21 bits per heavy atom. The van der Waals surface area contributed by atoms with Gasteiger partial charge in [-0.3, -0.25) is 0 Å². The van der Waals surface area contributed by atoms with Gasteiger partial charge in [0, 0.05) is 63.2 Å². The summed E-state index contributed by atoms with van der Waals surface area (Å²) in [6.45, 7) is 16.4. The van der Waals surface area contributed by atoms with Crippen LogP contribution in [-0.2, 0) is 10.8 Å². The smallest absolute Gasteiger partial charge is 0.256 e. The standard InChI is InChI=1S/C71H55BN2S4/c1-42-34-59-67-60(35-42)74(58-31-27-46(37-52(58)44-20-12-9-13-21-44)56-41-76-62-25-17-15-23-50(56)62)69-66(54-39-48(71(5,6)7)29-33-64(54)78-69)72(67)65-53-38-47(70(2,3)4)28-32-63(53)77-68(65)73(59)57-30-26-45(36-51(57)43-18-10-8-11-19-43)55-40-75-61-24-16-14-22-49(55)61/h8-41H,1-7H3. The molecule has 0 saturated carbocycles. The van der Waals surface area contributed by atoms with Crippen LogP contribution in [0.3, 0.4) is 0 Å². The van der Waals surface area contributed by atoms with Crippen molar-refractivity contribution in [2.45, 2.75) is 59.3 Å². The topological polar surface area (TPSA) is 6.48 Å². The van der Waals surface area contributed by atoms with E-state index in [9.17, 15) is 0 Å². The Morgan fingerprint density at radius 2 is 0.769 bits per heavy atom. The molecule has 0 aliphatic carbocycles. The van der Waals surface area contributed by atoms with Gasteiger partial charge in [-0.15, -0.1) is 45.3 Å². The number of fused-ring (bicyclic) bond motifs is 10. The van der Waals surface area contributed by atoms with Crippen molar-refractivity contribution in [2.24, 2.45) is 0 Å². The van der Waals surface area contributed by atoms with E-state index in [1.54, 1.807) is 0 Å². The molecular formula is C71H55BN2S4. The fourth-order valence-electron chi connectivity index (χ4n) is 12.5. The van der Waals surface area contributed by atoms with Crippen LogP contribution in [0.4, 0.5) is 32.8 Å². The SMILES string of the molecule is Cc1cc2c3c(c1)N(c1ccc(-c4csc5ccccc45)cc1-c1ccccc1)c1sc4ccc(C(C)(C)C)cc4c1B3c1c(sc3ccc(C(C)(C)C)cc13)N2c1ccc(-c2csc3ccccc23)cc1-c1ccccc1. The van der Waals surface area contributed by atoms with Crippen LogP contribution in [0.15, 0.2) is 205 Å². The molecule has 0 atom stereocenters. The number of nitrogens with zero attached hydrogens (tertiary/aromatic N) is 2. The molecule has 78 heavy (non-hydrogen) atoms. The highest BCUT2D eigenvalue weighted by molar-refractivity contribution is 7.29. The van der Waals surface area contributed by atoms with Crippen LogP contribution >= 0.6 is 45.3 Å². The molecule has 0 saturated heterocycles. The van der Waals surface area contributed by atoms with Crippen LogP contribution in [0.1, 0.15) is 58.2 Å². The molecule has 376 valence electrons. The van der Waals surface area contributed by atoms with Gasteiger partial charge in [-0.25, -0.2) is 0 Å². The lowest BCUT2D eigenvalue weighted by Crippen LogP contribution is -2.60. The van der Waals surface area contributed by atoms with Gasteiger partial charge in [-0.2, -0.15) is 0 Å². The number of anilines is 6. The van der Waals surface area contributed by atoms with Gasteiger partial charge in [-0.1, -0.05) is 175 Å². The summed E-state index contributed by atoms with van der Waals surface area (Å²) in [5.74, 6) is 0. The second-order valence-corrected chi connectivity index (χ2v) is 27.3. The van der Waals surface area contributed by atoms with Crippen LogP contribution in [0, 0.1) is 6.92 Å². The summed E-state index contributed by atoms with van der Waals surface area (Å²) in [5.41, 5.74) is 22.6. The largest absolute Gasteiger partial charge is 0.302 e. The van der Waals surface area contributed by atoms with Gasteiger partial charge in [0.15, 0.2) is 0 Å². The van der Waals surface area contributed by atoms with Crippen molar-refractivity contribution in [1.82, 2.24) is 0 Å². The maximum absolute atomic E-state index is 2.68. The van der Waals surface area contributed by atoms with E-state index in [1.165, 1.54) is 151 Å². The molecule has 9 aromatic carbocycles. The van der Waals surface area contributed by atoms with Crippen LogP contribution < -0.4 is 26.2 Å². The van der Waals surface area contributed by atoms with Crippen molar-refractivity contribution in [3.05, 3.63) is 222 Å². The van der Waals surface area contributed by atoms with Gasteiger partial charge in [0.25, 0.3) is 6.71 Å². The molecule has 0 N–H and O–H groups in total. The van der Waals surface area contributed by atoms with Crippen molar-refractivity contribution in [1.29, 1.82) is 0 Å². The number of benzene rings is 9. The lowest BCUT2D eigenvalue weighted by molar-refractivity contribution is 0.591. The Labute approximate surface area is 473 Å². The fraction of sp³-hybridized carbons (Fsp3) is 0.127. The second kappa shape index (κ2) is 17.8. The first kappa shape index (κ1) is 47.7. The van der Waals surface area contributed by atoms with E-state index in [0.29, 0.717) is 0 Å². The molecule has 6 heterocycles. The molecular weight excluding hydrogens is 1020 g/mol. The monoisotopic (exact) mass is 1070 g/mol. The van der Waals surface area contributed by atoms with Gasteiger partial charge in [0.1, 0.15) is 0 Å². The summed E-state index contributed by atoms with van der Waals surface area (Å²) in [5, 5.41) is 12.6. The molecule has 2 aliphatic rings. The molecule has 0 fully saturated rings. The summed E-state index contributed by atoms with van der Waals surface area (Å²) in [4.78, 5) is 5.36. The Hall–Kier alpha value is -7.52. The maximum atomic E-state index is 2.68. The summed E-state index contributed by atoms with van der Waals surface area (Å²) in [7, 11) is 0. The van der Waals surface area contributed by atoms with Gasteiger partial charge in [0.2, 0.25) is 0 Å². The van der Waals surface area contributed by atoms with Crippen LogP contribution in [-0.4, -0.2) is 6.71 Å². The van der Waals surface area contributed by atoms with Crippen LogP contribution in [0.2, 0.25) is 0 Å². The highest BCUT2D eigenvalue weighted by Crippen LogP contribution is 2.54. The quantitative estimate of drug-likeness (QED) is 0.153. The molecule has 0 amide bonds. The number of hydrogen-bond donors (Lipinski definition) is 0. The fourth-order valence-corrected chi connectivity index (χ4v) is 16.9. The predicted molar refractivity (Wildman–Crippen MR) is 346 cm³/mol. The molecule has 0 spiro atoms. The normalized spacial score (nSPS) is 13.2. The van der Waals surface area contributed by atoms with Gasteiger partial charge in [-0.05, 0) is 155 Å². The molecule has 0 unspecified atom stereocenters. The molecule has 0 bridgehead atoms.